The Bertz CT molecular complexity index is 474. The molecule has 1 aromatic heterocycles. The van der Waals surface area contributed by atoms with Gasteiger partial charge in [0.2, 0.25) is 0 Å². The van der Waals surface area contributed by atoms with Crippen LogP contribution in [0.5, 0.6) is 0 Å². The van der Waals surface area contributed by atoms with Crippen molar-refractivity contribution in [3.05, 3.63) is 22.8 Å². The number of carbonyl (C=O) groups excluding carboxylic acids is 1. The van der Waals surface area contributed by atoms with Gasteiger partial charge < -0.3 is 10.2 Å². The van der Waals surface area contributed by atoms with Crippen molar-refractivity contribution in [2.75, 3.05) is 31.1 Å². The van der Waals surface area contributed by atoms with Gasteiger partial charge in [-0.2, -0.15) is 0 Å². The summed E-state index contributed by atoms with van der Waals surface area (Å²) in [7, 11) is 0. The maximum Gasteiger partial charge on any atom is 0.167 e. The monoisotopic (exact) mass is 337 g/mol. The molecule has 2 aliphatic rings. The minimum atomic E-state index is 0. The van der Waals surface area contributed by atoms with Crippen molar-refractivity contribution < 1.29 is 4.79 Å². The van der Waals surface area contributed by atoms with Gasteiger partial charge in [-0.05, 0) is 18.9 Å². The molecule has 2 fully saturated rings. The molecule has 0 spiro atoms. The zero-order valence-corrected chi connectivity index (χ0v) is 13.4. The van der Waals surface area contributed by atoms with Gasteiger partial charge in [0, 0.05) is 43.9 Å². The highest BCUT2D eigenvalue weighted by Gasteiger charge is 2.31. The number of ketones is 1. The predicted octanol–water partition coefficient (Wildman–Crippen LogP) is 2.58. The van der Waals surface area contributed by atoms with E-state index in [1.54, 1.807) is 12.3 Å². The Balaban J connectivity index is 0.000001000. The Hall–Kier alpha value is -0.550. The highest BCUT2D eigenvalue weighted by molar-refractivity contribution is 6.33. The van der Waals surface area contributed by atoms with Crippen LogP contribution in [0.1, 0.15) is 23.2 Å². The minimum absolute atomic E-state index is 0. The van der Waals surface area contributed by atoms with Gasteiger partial charge in [-0.15, -0.1) is 24.8 Å². The smallest absolute Gasteiger partial charge is 0.167 e. The lowest BCUT2D eigenvalue weighted by molar-refractivity contribution is 0.0967. The molecule has 2 heterocycles. The average Bonchev–Trinajstić information content (AvgIpc) is 3.23. The third-order valence-electron chi connectivity index (χ3n) is 3.47. The fraction of sp³-hybridized carbons (Fsp3) is 0.538. The number of piperazine rings is 1. The summed E-state index contributed by atoms with van der Waals surface area (Å²) in [4.78, 5) is 18.5. The number of halogens is 3. The van der Waals surface area contributed by atoms with Crippen LogP contribution in [0.15, 0.2) is 12.3 Å². The van der Waals surface area contributed by atoms with E-state index in [-0.39, 0.29) is 36.5 Å². The Morgan fingerprint density at radius 2 is 1.95 bits per heavy atom. The summed E-state index contributed by atoms with van der Waals surface area (Å²) in [5, 5.41) is 3.88. The molecule has 0 atom stereocenters. The summed E-state index contributed by atoms with van der Waals surface area (Å²) in [6, 6.07) is 1.77. The van der Waals surface area contributed by atoms with Crippen LogP contribution < -0.4 is 10.2 Å². The molecule has 20 heavy (non-hydrogen) atoms. The number of hydrogen-bond acceptors (Lipinski definition) is 4. The van der Waals surface area contributed by atoms with E-state index in [1.165, 1.54) is 0 Å². The zero-order valence-electron chi connectivity index (χ0n) is 11.0. The number of anilines is 1. The molecular formula is C13H18Cl3N3O. The maximum absolute atomic E-state index is 11.9. The molecule has 0 aromatic carbocycles. The van der Waals surface area contributed by atoms with Gasteiger partial charge in [0.05, 0.1) is 5.02 Å². The summed E-state index contributed by atoms with van der Waals surface area (Å²) >= 11 is 6.26. The molecule has 3 rings (SSSR count). The second-order valence-corrected chi connectivity index (χ2v) is 5.31. The van der Waals surface area contributed by atoms with Crippen molar-refractivity contribution in [2.24, 2.45) is 5.92 Å². The van der Waals surface area contributed by atoms with E-state index < -0.39 is 0 Å². The van der Waals surface area contributed by atoms with Crippen LogP contribution in [-0.2, 0) is 0 Å². The quantitative estimate of drug-likeness (QED) is 0.861. The SMILES string of the molecule is Cl.Cl.O=C(c1cnc(N2CCNCC2)c(Cl)c1)C1CC1. The molecule has 1 N–H and O–H groups in total. The number of carbonyl (C=O) groups is 1. The first-order valence-electron chi connectivity index (χ1n) is 6.41. The molecule has 1 aliphatic heterocycles. The van der Waals surface area contributed by atoms with Crippen LogP contribution in [-0.4, -0.2) is 36.9 Å². The van der Waals surface area contributed by atoms with Gasteiger partial charge >= 0.3 is 0 Å². The van der Waals surface area contributed by atoms with Crippen molar-refractivity contribution in [3.63, 3.8) is 0 Å². The molecule has 4 nitrogen and oxygen atoms in total. The van der Waals surface area contributed by atoms with Gasteiger partial charge in [0.1, 0.15) is 5.82 Å². The molecule has 1 aromatic rings. The van der Waals surface area contributed by atoms with Crippen molar-refractivity contribution in [3.8, 4) is 0 Å². The summed E-state index contributed by atoms with van der Waals surface area (Å²) in [5.41, 5.74) is 0.654. The minimum Gasteiger partial charge on any atom is -0.353 e. The average molecular weight is 339 g/mol. The van der Waals surface area contributed by atoms with Gasteiger partial charge in [0.15, 0.2) is 5.78 Å². The Labute approximate surface area is 136 Å². The normalized spacial score (nSPS) is 17.9. The molecule has 1 aliphatic carbocycles. The Morgan fingerprint density at radius 3 is 2.50 bits per heavy atom. The molecule has 0 unspecified atom stereocenters. The molecule has 0 radical (unpaired) electrons. The predicted molar refractivity (Wildman–Crippen MR) is 85.9 cm³/mol. The van der Waals surface area contributed by atoms with E-state index in [4.69, 9.17) is 11.6 Å². The van der Waals surface area contributed by atoms with Gasteiger partial charge in [-0.1, -0.05) is 11.6 Å². The van der Waals surface area contributed by atoms with Gasteiger partial charge in [-0.3, -0.25) is 4.79 Å². The van der Waals surface area contributed by atoms with Crippen molar-refractivity contribution in [2.45, 2.75) is 12.8 Å². The van der Waals surface area contributed by atoms with Crippen LogP contribution in [0.25, 0.3) is 0 Å². The Kier molecular flexibility index (Phi) is 6.52. The molecule has 0 bridgehead atoms. The molecule has 7 heteroatoms. The first-order valence-corrected chi connectivity index (χ1v) is 6.79. The van der Waals surface area contributed by atoms with Crippen LogP contribution in [0.3, 0.4) is 0 Å². The maximum atomic E-state index is 11.9. The molecule has 0 amide bonds. The highest BCUT2D eigenvalue weighted by atomic mass is 35.5. The van der Waals surface area contributed by atoms with Crippen molar-refractivity contribution in [1.29, 1.82) is 0 Å². The molecule has 1 saturated heterocycles. The van der Waals surface area contributed by atoms with Crippen molar-refractivity contribution >= 4 is 48.0 Å². The number of rotatable bonds is 3. The lowest BCUT2D eigenvalue weighted by Gasteiger charge is -2.29. The molecule has 112 valence electrons. The number of hydrogen-bond donors (Lipinski definition) is 1. The van der Waals surface area contributed by atoms with E-state index in [9.17, 15) is 4.79 Å². The van der Waals surface area contributed by atoms with Crippen LogP contribution in [0.4, 0.5) is 5.82 Å². The summed E-state index contributed by atoms with van der Waals surface area (Å²) in [6.45, 7) is 3.70. The number of Topliss-reactive ketones (excluding diaryl/α,β-unsaturated/α-hetero) is 1. The highest BCUT2D eigenvalue weighted by Crippen LogP contribution is 2.34. The van der Waals surface area contributed by atoms with E-state index in [0.29, 0.717) is 10.6 Å². The zero-order chi connectivity index (χ0) is 12.5. The van der Waals surface area contributed by atoms with Crippen LogP contribution >= 0.6 is 36.4 Å². The molecule has 1 saturated carbocycles. The summed E-state index contributed by atoms with van der Waals surface area (Å²) in [6.07, 6.45) is 3.69. The second kappa shape index (κ2) is 7.46. The molecular weight excluding hydrogens is 321 g/mol. The van der Waals surface area contributed by atoms with E-state index >= 15 is 0 Å². The van der Waals surface area contributed by atoms with E-state index in [1.807, 2.05) is 0 Å². The summed E-state index contributed by atoms with van der Waals surface area (Å²) < 4.78 is 0. The fourth-order valence-electron chi connectivity index (χ4n) is 2.26. The number of aromatic nitrogens is 1. The number of pyridine rings is 1. The van der Waals surface area contributed by atoms with E-state index in [2.05, 4.69) is 15.2 Å². The third-order valence-corrected chi connectivity index (χ3v) is 3.75. The van der Waals surface area contributed by atoms with E-state index in [0.717, 1.165) is 44.8 Å². The van der Waals surface area contributed by atoms with Crippen LogP contribution in [0, 0.1) is 5.92 Å². The lowest BCUT2D eigenvalue weighted by atomic mass is 10.1. The topological polar surface area (TPSA) is 45.2 Å². The van der Waals surface area contributed by atoms with Gasteiger partial charge in [-0.25, -0.2) is 4.98 Å². The number of nitrogens with zero attached hydrogens (tertiary/aromatic N) is 2. The first-order chi connectivity index (χ1) is 8.75. The number of nitrogens with one attached hydrogen (secondary N) is 1. The fourth-order valence-corrected chi connectivity index (χ4v) is 2.54. The summed E-state index contributed by atoms with van der Waals surface area (Å²) in [5.74, 6) is 1.20. The van der Waals surface area contributed by atoms with Gasteiger partial charge in [0.25, 0.3) is 0 Å². The third kappa shape index (κ3) is 3.76. The Morgan fingerprint density at radius 1 is 1.30 bits per heavy atom. The largest absolute Gasteiger partial charge is 0.353 e. The standard InChI is InChI=1S/C13H16ClN3O.2ClH/c14-11-7-10(12(18)9-1-2-9)8-16-13(11)17-5-3-15-4-6-17;;/h7-9,15H,1-6H2;2*1H. The van der Waals surface area contributed by atoms with Crippen LogP contribution in [0.2, 0.25) is 5.02 Å². The van der Waals surface area contributed by atoms with Crippen molar-refractivity contribution in [1.82, 2.24) is 10.3 Å². The first kappa shape index (κ1) is 17.5. The lowest BCUT2D eigenvalue weighted by Crippen LogP contribution is -2.44. The second-order valence-electron chi connectivity index (χ2n) is 4.90.